The number of allylic oxidation sites excluding steroid dienone is 11. The number of carbonyl (C=O) groups is 1. The molecule has 2 heteroatoms. The molecule has 0 bridgehead atoms. The molecule has 0 spiro atoms. The normalized spacial score (nSPS) is 12.8. The van der Waals surface area contributed by atoms with Crippen molar-refractivity contribution >= 4 is 5.97 Å². The van der Waals surface area contributed by atoms with Crippen LogP contribution in [-0.4, -0.2) is 11.1 Å². The second-order valence-corrected chi connectivity index (χ2v) is 8.40. The first-order valence-electron chi connectivity index (χ1n) is 13.0. The van der Waals surface area contributed by atoms with Gasteiger partial charge in [0.25, 0.3) is 0 Å². The van der Waals surface area contributed by atoms with E-state index in [9.17, 15) is 4.79 Å². The van der Waals surface area contributed by atoms with E-state index in [2.05, 4.69) is 25.2 Å². The highest BCUT2D eigenvalue weighted by atomic mass is 16.4. The lowest BCUT2D eigenvalue weighted by atomic mass is 10.0. The maximum absolute atomic E-state index is 10.3. The van der Waals surface area contributed by atoms with Crippen molar-refractivity contribution in [2.45, 2.75) is 110 Å². The first-order valence-corrected chi connectivity index (χ1v) is 13.0. The third-order valence-corrected chi connectivity index (χ3v) is 5.35. The molecule has 2 nitrogen and oxygen atoms in total. The fourth-order valence-electron chi connectivity index (χ4n) is 3.46. The number of carboxylic acids is 1. The van der Waals surface area contributed by atoms with Crippen LogP contribution in [0.4, 0.5) is 0 Å². The maximum Gasteiger partial charge on any atom is 0.328 e. The predicted octanol–water partition coefficient (Wildman–Crippen LogP) is 9.67. The molecule has 0 amide bonds. The molecule has 32 heavy (non-hydrogen) atoms. The summed E-state index contributed by atoms with van der Waals surface area (Å²) in [6.45, 7) is 2.28. The number of rotatable bonds is 22. The SMILES string of the molecule is CCCCCCCCCCCCCCCCCC=CC=CC=CC=CC=CC=CC(=O)O. The second kappa shape index (κ2) is 26.9. The lowest BCUT2D eigenvalue weighted by Crippen LogP contribution is -1.84. The van der Waals surface area contributed by atoms with E-state index in [1.165, 1.54) is 109 Å². The van der Waals surface area contributed by atoms with Crippen molar-refractivity contribution in [1.82, 2.24) is 0 Å². The summed E-state index contributed by atoms with van der Waals surface area (Å²) in [6, 6.07) is 0. The summed E-state index contributed by atoms with van der Waals surface area (Å²) in [4.78, 5) is 10.3. The highest BCUT2D eigenvalue weighted by Gasteiger charge is 1.94. The van der Waals surface area contributed by atoms with Gasteiger partial charge in [0.15, 0.2) is 0 Å². The summed E-state index contributed by atoms with van der Waals surface area (Å²) in [5, 5.41) is 8.44. The monoisotopic (exact) mass is 440 g/mol. The molecular formula is C30H48O2. The van der Waals surface area contributed by atoms with Gasteiger partial charge in [-0.2, -0.15) is 0 Å². The molecule has 0 saturated heterocycles. The van der Waals surface area contributed by atoms with Crippen molar-refractivity contribution in [3.63, 3.8) is 0 Å². The summed E-state index contributed by atoms with van der Waals surface area (Å²) >= 11 is 0. The largest absolute Gasteiger partial charge is 0.478 e. The number of unbranched alkanes of at least 4 members (excludes halogenated alkanes) is 15. The zero-order valence-corrected chi connectivity index (χ0v) is 20.6. The van der Waals surface area contributed by atoms with Crippen LogP contribution in [0.15, 0.2) is 72.9 Å². The summed E-state index contributed by atoms with van der Waals surface area (Å²) in [6.07, 6.45) is 44.6. The molecule has 0 aromatic carbocycles. The van der Waals surface area contributed by atoms with Gasteiger partial charge in [-0.3, -0.25) is 0 Å². The predicted molar refractivity (Wildman–Crippen MR) is 142 cm³/mol. The molecule has 0 radical (unpaired) electrons. The Morgan fingerprint density at radius 2 is 0.844 bits per heavy atom. The van der Waals surface area contributed by atoms with Gasteiger partial charge in [-0.1, -0.05) is 164 Å². The van der Waals surface area contributed by atoms with E-state index < -0.39 is 5.97 Å². The third kappa shape index (κ3) is 27.9. The molecule has 0 aliphatic rings. The van der Waals surface area contributed by atoms with Crippen LogP contribution in [-0.2, 0) is 4.79 Å². The van der Waals surface area contributed by atoms with Crippen LogP contribution in [0.5, 0.6) is 0 Å². The highest BCUT2D eigenvalue weighted by Crippen LogP contribution is 2.13. The highest BCUT2D eigenvalue weighted by molar-refractivity contribution is 5.80. The van der Waals surface area contributed by atoms with Crippen molar-refractivity contribution in [1.29, 1.82) is 0 Å². The minimum absolute atomic E-state index is 0.934. The average Bonchev–Trinajstić information content (AvgIpc) is 2.78. The fourth-order valence-corrected chi connectivity index (χ4v) is 3.46. The van der Waals surface area contributed by atoms with E-state index in [0.29, 0.717) is 0 Å². The van der Waals surface area contributed by atoms with Gasteiger partial charge >= 0.3 is 5.97 Å². The van der Waals surface area contributed by atoms with Gasteiger partial charge in [-0.05, 0) is 12.8 Å². The summed E-state index contributed by atoms with van der Waals surface area (Å²) in [7, 11) is 0. The van der Waals surface area contributed by atoms with Crippen molar-refractivity contribution < 1.29 is 9.90 Å². The van der Waals surface area contributed by atoms with Crippen LogP contribution in [0.2, 0.25) is 0 Å². The second-order valence-electron chi connectivity index (χ2n) is 8.40. The van der Waals surface area contributed by atoms with E-state index in [1.54, 1.807) is 12.2 Å². The van der Waals surface area contributed by atoms with Gasteiger partial charge in [-0.25, -0.2) is 4.79 Å². The molecule has 0 saturated carbocycles. The molecule has 1 N–H and O–H groups in total. The van der Waals surface area contributed by atoms with Gasteiger partial charge in [0, 0.05) is 6.08 Å². The van der Waals surface area contributed by atoms with Crippen LogP contribution in [0.25, 0.3) is 0 Å². The molecule has 0 heterocycles. The number of aliphatic carboxylic acids is 1. The zero-order chi connectivity index (χ0) is 23.4. The zero-order valence-electron chi connectivity index (χ0n) is 20.6. The van der Waals surface area contributed by atoms with E-state index in [-0.39, 0.29) is 0 Å². The number of hydrogen-bond acceptors (Lipinski definition) is 1. The van der Waals surface area contributed by atoms with Crippen LogP contribution in [0, 0.1) is 0 Å². The molecule has 0 aromatic rings. The van der Waals surface area contributed by atoms with Gasteiger partial charge in [-0.15, -0.1) is 0 Å². The molecular weight excluding hydrogens is 392 g/mol. The van der Waals surface area contributed by atoms with E-state index >= 15 is 0 Å². The molecule has 0 aliphatic heterocycles. The number of carboxylic acid groups (broad SMARTS) is 1. The minimum Gasteiger partial charge on any atom is -0.478 e. The lowest BCUT2D eigenvalue weighted by Gasteiger charge is -2.03. The molecule has 180 valence electrons. The van der Waals surface area contributed by atoms with Crippen molar-refractivity contribution in [2.24, 2.45) is 0 Å². The van der Waals surface area contributed by atoms with Gasteiger partial charge in [0.05, 0.1) is 0 Å². The lowest BCUT2D eigenvalue weighted by molar-refractivity contribution is -0.131. The Balaban J connectivity index is 3.37. The Bertz CT molecular complexity index is 576. The summed E-state index contributed by atoms with van der Waals surface area (Å²) < 4.78 is 0. The first kappa shape index (κ1) is 29.9. The fraction of sp³-hybridized carbons (Fsp3) is 0.567. The quantitative estimate of drug-likeness (QED) is 0.103. The topological polar surface area (TPSA) is 37.3 Å². The molecule has 0 unspecified atom stereocenters. The molecule has 0 aromatic heterocycles. The molecule has 0 atom stereocenters. The maximum atomic E-state index is 10.3. The Hall–Kier alpha value is -2.09. The van der Waals surface area contributed by atoms with E-state index in [0.717, 1.165) is 6.08 Å². The minimum atomic E-state index is -0.934. The standard InChI is InChI=1S/C30H48O2/c1-2-3-4-5-6-7-8-9-10-11-12-13-14-15-16-17-18-19-20-21-22-23-24-25-26-27-28-29-30(31)32/h18-29H,2-17H2,1H3,(H,31,32). The van der Waals surface area contributed by atoms with Crippen molar-refractivity contribution in [3.8, 4) is 0 Å². The van der Waals surface area contributed by atoms with Crippen molar-refractivity contribution in [3.05, 3.63) is 72.9 Å². The Morgan fingerprint density at radius 3 is 1.25 bits per heavy atom. The molecule has 0 fully saturated rings. The van der Waals surface area contributed by atoms with Crippen LogP contribution in [0.3, 0.4) is 0 Å². The van der Waals surface area contributed by atoms with E-state index in [1.807, 2.05) is 30.4 Å². The molecule has 0 rings (SSSR count). The van der Waals surface area contributed by atoms with Crippen molar-refractivity contribution in [2.75, 3.05) is 0 Å². The van der Waals surface area contributed by atoms with E-state index in [4.69, 9.17) is 5.11 Å². The average molecular weight is 441 g/mol. The summed E-state index contributed by atoms with van der Waals surface area (Å²) in [5.41, 5.74) is 0. The molecule has 0 aliphatic carbocycles. The third-order valence-electron chi connectivity index (χ3n) is 5.35. The Kier molecular flexibility index (Phi) is 25.2. The Morgan fingerprint density at radius 1 is 0.500 bits per heavy atom. The van der Waals surface area contributed by atoms with Gasteiger partial charge < -0.3 is 5.11 Å². The van der Waals surface area contributed by atoms with Crippen LogP contribution in [0.1, 0.15) is 110 Å². The number of hydrogen-bond donors (Lipinski definition) is 1. The summed E-state index contributed by atoms with van der Waals surface area (Å²) in [5.74, 6) is -0.934. The van der Waals surface area contributed by atoms with Gasteiger partial charge in [0.1, 0.15) is 0 Å². The van der Waals surface area contributed by atoms with Gasteiger partial charge in [0.2, 0.25) is 0 Å². The van der Waals surface area contributed by atoms with Crippen LogP contribution < -0.4 is 0 Å². The Labute approximate surface area is 198 Å². The first-order chi connectivity index (χ1) is 15.8. The smallest absolute Gasteiger partial charge is 0.328 e. The van der Waals surface area contributed by atoms with Crippen LogP contribution >= 0.6 is 0 Å².